The van der Waals surface area contributed by atoms with Gasteiger partial charge in [0.25, 0.3) is 0 Å². The molecule has 1 atom stereocenters. The van der Waals surface area contributed by atoms with Crippen molar-refractivity contribution in [1.29, 1.82) is 0 Å². The molecule has 0 bridgehead atoms. The lowest BCUT2D eigenvalue weighted by atomic mass is 10.1. The van der Waals surface area contributed by atoms with Crippen LogP contribution in [-0.2, 0) is 0 Å². The minimum absolute atomic E-state index is 0.317. The van der Waals surface area contributed by atoms with Crippen LogP contribution in [0.15, 0.2) is 18.2 Å². The van der Waals surface area contributed by atoms with Crippen LogP contribution >= 0.6 is 0 Å². The van der Waals surface area contributed by atoms with Crippen molar-refractivity contribution in [2.24, 2.45) is 0 Å². The zero-order chi connectivity index (χ0) is 15.1. The van der Waals surface area contributed by atoms with E-state index in [1.54, 1.807) is 0 Å². The Morgan fingerprint density at radius 1 is 1.14 bits per heavy atom. The van der Waals surface area contributed by atoms with Crippen LogP contribution in [0.3, 0.4) is 0 Å². The van der Waals surface area contributed by atoms with Gasteiger partial charge in [0.15, 0.2) is 11.5 Å². The molecular weight excluding hydrogens is 264 g/mol. The minimum atomic E-state index is 0.317. The van der Waals surface area contributed by atoms with E-state index in [9.17, 15) is 0 Å². The highest BCUT2D eigenvalue weighted by molar-refractivity contribution is 5.44. The van der Waals surface area contributed by atoms with E-state index >= 15 is 0 Å². The fourth-order valence-corrected chi connectivity index (χ4v) is 2.55. The van der Waals surface area contributed by atoms with Crippen LogP contribution in [0.1, 0.15) is 38.8 Å². The summed E-state index contributed by atoms with van der Waals surface area (Å²) in [6.07, 6.45) is 0.946. The van der Waals surface area contributed by atoms with Crippen molar-refractivity contribution >= 4 is 0 Å². The zero-order valence-corrected chi connectivity index (χ0v) is 13.5. The number of rotatable bonds is 7. The van der Waals surface area contributed by atoms with Crippen molar-refractivity contribution < 1.29 is 9.47 Å². The van der Waals surface area contributed by atoms with Gasteiger partial charge in [-0.25, -0.2) is 0 Å². The number of benzene rings is 1. The monoisotopic (exact) mass is 292 g/mol. The molecule has 0 radical (unpaired) electrons. The van der Waals surface area contributed by atoms with E-state index < -0.39 is 0 Å². The summed E-state index contributed by atoms with van der Waals surface area (Å²) in [4.78, 5) is 2.42. The second-order valence-electron chi connectivity index (χ2n) is 5.46. The molecule has 4 heteroatoms. The number of nitrogens with zero attached hydrogens (tertiary/aromatic N) is 1. The minimum Gasteiger partial charge on any atom is -0.490 e. The van der Waals surface area contributed by atoms with Crippen LogP contribution in [0.2, 0.25) is 0 Å². The molecule has 0 aliphatic carbocycles. The van der Waals surface area contributed by atoms with Gasteiger partial charge >= 0.3 is 0 Å². The molecule has 1 heterocycles. The molecule has 0 fully saturated rings. The van der Waals surface area contributed by atoms with Crippen LogP contribution < -0.4 is 14.8 Å². The molecule has 4 nitrogen and oxygen atoms in total. The van der Waals surface area contributed by atoms with Gasteiger partial charge in [-0.3, -0.25) is 0 Å². The summed E-state index contributed by atoms with van der Waals surface area (Å²) in [6, 6.07) is 6.58. The van der Waals surface area contributed by atoms with E-state index in [1.807, 2.05) is 6.07 Å². The van der Waals surface area contributed by atoms with Crippen molar-refractivity contribution in [1.82, 2.24) is 10.2 Å². The summed E-state index contributed by atoms with van der Waals surface area (Å²) >= 11 is 0. The largest absolute Gasteiger partial charge is 0.490 e. The Balaban J connectivity index is 1.90. The summed E-state index contributed by atoms with van der Waals surface area (Å²) < 4.78 is 11.4. The summed E-state index contributed by atoms with van der Waals surface area (Å²) in [5.41, 5.74) is 1.25. The van der Waals surface area contributed by atoms with Crippen molar-refractivity contribution in [3.05, 3.63) is 23.8 Å². The number of likely N-dealkylation sites (N-methyl/N-ethyl adjacent to an activating group) is 1. The third kappa shape index (κ3) is 4.61. The molecule has 1 aromatic rings. The first-order valence-electron chi connectivity index (χ1n) is 8.09. The summed E-state index contributed by atoms with van der Waals surface area (Å²) in [6.45, 7) is 12.4. The lowest BCUT2D eigenvalue weighted by Crippen LogP contribution is -2.33. The normalized spacial score (nSPS) is 15.8. The average Bonchev–Trinajstić information content (AvgIpc) is 2.75. The van der Waals surface area contributed by atoms with Gasteiger partial charge in [0, 0.05) is 25.6 Å². The van der Waals surface area contributed by atoms with Crippen LogP contribution in [0, 0.1) is 0 Å². The first-order chi connectivity index (χ1) is 10.2. The van der Waals surface area contributed by atoms with Crippen molar-refractivity contribution in [3.63, 3.8) is 0 Å². The molecule has 21 heavy (non-hydrogen) atoms. The van der Waals surface area contributed by atoms with Crippen LogP contribution in [-0.4, -0.2) is 44.3 Å². The van der Waals surface area contributed by atoms with Gasteiger partial charge in [0.1, 0.15) is 0 Å². The standard InChI is InChI=1S/C17H28N2O2/c1-4-19(5-2)10-9-18-14(3)15-7-8-16-17(13-15)21-12-6-11-20-16/h7-8,13-14,18H,4-6,9-12H2,1-3H3. The number of nitrogens with one attached hydrogen (secondary N) is 1. The second kappa shape index (κ2) is 8.25. The van der Waals surface area contributed by atoms with E-state index in [-0.39, 0.29) is 0 Å². The fourth-order valence-electron chi connectivity index (χ4n) is 2.55. The third-order valence-corrected chi connectivity index (χ3v) is 4.04. The third-order valence-electron chi connectivity index (χ3n) is 4.04. The Bertz CT molecular complexity index is 433. The van der Waals surface area contributed by atoms with Gasteiger partial charge in [0.2, 0.25) is 0 Å². The molecule has 0 aromatic heterocycles. The lowest BCUT2D eigenvalue weighted by Gasteiger charge is -2.21. The van der Waals surface area contributed by atoms with Gasteiger partial charge in [-0.1, -0.05) is 19.9 Å². The molecule has 0 spiro atoms. The smallest absolute Gasteiger partial charge is 0.161 e. The average molecular weight is 292 g/mol. The van der Waals surface area contributed by atoms with Crippen molar-refractivity contribution in [2.75, 3.05) is 39.4 Å². The molecule has 1 aromatic carbocycles. The van der Waals surface area contributed by atoms with Gasteiger partial charge in [-0.15, -0.1) is 0 Å². The number of fused-ring (bicyclic) bond motifs is 1. The molecule has 118 valence electrons. The van der Waals surface area contributed by atoms with Gasteiger partial charge < -0.3 is 19.7 Å². The molecule has 1 N–H and O–H groups in total. The molecule has 0 amide bonds. The van der Waals surface area contributed by atoms with E-state index in [0.717, 1.165) is 57.3 Å². The molecule has 1 aliphatic heterocycles. The van der Waals surface area contributed by atoms with Gasteiger partial charge in [-0.05, 0) is 37.7 Å². The molecule has 1 aliphatic rings. The summed E-state index contributed by atoms with van der Waals surface area (Å²) in [5, 5.41) is 3.58. The van der Waals surface area contributed by atoms with Gasteiger partial charge in [-0.2, -0.15) is 0 Å². The van der Waals surface area contributed by atoms with E-state index in [1.165, 1.54) is 5.56 Å². The quantitative estimate of drug-likeness (QED) is 0.838. The maximum absolute atomic E-state index is 5.76. The Kier molecular flexibility index (Phi) is 6.33. The second-order valence-corrected chi connectivity index (χ2v) is 5.46. The number of hydrogen-bond acceptors (Lipinski definition) is 4. The Hall–Kier alpha value is -1.26. The van der Waals surface area contributed by atoms with Crippen molar-refractivity contribution in [3.8, 4) is 11.5 Å². The maximum Gasteiger partial charge on any atom is 0.161 e. The van der Waals surface area contributed by atoms with Crippen molar-refractivity contribution in [2.45, 2.75) is 33.2 Å². The number of ether oxygens (including phenoxy) is 2. The summed E-state index contributed by atoms with van der Waals surface area (Å²) in [5.74, 6) is 1.74. The van der Waals surface area contributed by atoms with E-state index in [4.69, 9.17) is 9.47 Å². The highest BCUT2D eigenvalue weighted by Gasteiger charge is 2.13. The predicted octanol–water partition coefficient (Wildman–Crippen LogP) is 2.84. The Labute approximate surface area is 128 Å². The maximum atomic E-state index is 5.76. The zero-order valence-electron chi connectivity index (χ0n) is 13.5. The lowest BCUT2D eigenvalue weighted by molar-refractivity contribution is 0.296. The molecule has 0 saturated heterocycles. The van der Waals surface area contributed by atoms with Crippen LogP contribution in [0.4, 0.5) is 0 Å². The molecule has 1 unspecified atom stereocenters. The Morgan fingerprint density at radius 3 is 2.57 bits per heavy atom. The van der Waals surface area contributed by atoms with E-state index in [2.05, 4.69) is 43.1 Å². The fraction of sp³-hybridized carbons (Fsp3) is 0.647. The topological polar surface area (TPSA) is 33.7 Å². The SMILES string of the molecule is CCN(CC)CCNC(C)c1ccc2c(c1)OCCCO2. The highest BCUT2D eigenvalue weighted by Crippen LogP contribution is 2.32. The van der Waals surface area contributed by atoms with Gasteiger partial charge in [0.05, 0.1) is 13.2 Å². The first kappa shape index (κ1) is 16.1. The Morgan fingerprint density at radius 2 is 1.86 bits per heavy atom. The molecule has 2 rings (SSSR count). The van der Waals surface area contributed by atoms with Crippen LogP contribution in [0.25, 0.3) is 0 Å². The summed E-state index contributed by atoms with van der Waals surface area (Å²) in [7, 11) is 0. The molecule has 0 saturated carbocycles. The first-order valence-corrected chi connectivity index (χ1v) is 8.09. The number of hydrogen-bond donors (Lipinski definition) is 1. The highest BCUT2D eigenvalue weighted by atomic mass is 16.5. The molecular formula is C17H28N2O2. The van der Waals surface area contributed by atoms with Crippen LogP contribution in [0.5, 0.6) is 11.5 Å². The van der Waals surface area contributed by atoms with E-state index in [0.29, 0.717) is 6.04 Å². The predicted molar refractivity (Wildman–Crippen MR) is 86.3 cm³/mol.